The molecule has 1 amide bonds. The molecule has 3 N–H and O–H groups in total. The maximum Gasteiger partial charge on any atom is 0.422 e. The van der Waals surface area contributed by atoms with E-state index in [0.717, 1.165) is 18.2 Å². The van der Waals surface area contributed by atoms with E-state index < -0.39 is 30.3 Å². The molecule has 0 saturated carbocycles. The number of benzene rings is 1. The van der Waals surface area contributed by atoms with Crippen LogP contribution >= 0.6 is 11.3 Å². The highest BCUT2D eigenvalue weighted by atomic mass is 32.1. The highest BCUT2D eigenvalue weighted by Gasteiger charge is 2.29. The molecule has 0 saturated heterocycles. The fourth-order valence-corrected chi connectivity index (χ4v) is 2.51. The first-order valence-electron chi connectivity index (χ1n) is 6.73. The number of aromatic nitrogens is 1. The summed E-state index contributed by atoms with van der Waals surface area (Å²) in [5.74, 6) is -1.85. The SMILES string of the molecule is NCCc1nc(C(=O)Nc2ccc(F)cc2OCC(F)(F)F)cs1. The van der Waals surface area contributed by atoms with Crippen LogP contribution in [0, 0.1) is 5.82 Å². The summed E-state index contributed by atoms with van der Waals surface area (Å²) in [7, 11) is 0. The van der Waals surface area contributed by atoms with Gasteiger partial charge in [-0.2, -0.15) is 13.2 Å². The quantitative estimate of drug-likeness (QED) is 0.774. The van der Waals surface area contributed by atoms with Gasteiger partial charge in [0, 0.05) is 17.9 Å². The number of rotatable bonds is 6. The number of hydrogen-bond donors (Lipinski definition) is 2. The molecule has 0 bridgehead atoms. The molecule has 10 heteroatoms. The van der Waals surface area contributed by atoms with Crippen LogP contribution in [-0.2, 0) is 6.42 Å². The van der Waals surface area contributed by atoms with Gasteiger partial charge in [-0.3, -0.25) is 4.79 Å². The lowest BCUT2D eigenvalue weighted by Crippen LogP contribution is -2.20. The van der Waals surface area contributed by atoms with E-state index in [-0.39, 0.29) is 11.4 Å². The highest BCUT2D eigenvalue weighted by molar-refractivity contribution is 7.09. The van der Waals surface area contributed by atoms with Crippen LogP contribution in [0.15, 0.2) is 23.6 Å². The van der Waals surface area contributed by atoms with Crippen molar-refractivity contribution in [3.63, 3.8) is 0 Å². The Bertz CT molecular complexity index is 718. The van der Waals surface area contributed by atoms with Crippen LogP contribution in [0.4, 0.5) is 23.2 Å². The van der Waals surface area contributed by atoms with Crippen molar-refractivity contribution in [2.24, 2.45) is 5.73 Å². The van der Waals surface area contributed by atoms with Crippen LogP contribution in [0.5, 0.6) is 5.75 Å². The lowest BCUT2D eigenvalue weighted by molar-refractivity contribution is -0.153. The number of ether oxygens (including phenoxy) is 1. The smallest absolute Gasteiger partial charge is 0.422 e. The van der Waals surface area contributed by atoms with Crippen LogP contribution in [0.1, 0.15) is 15.5 Å². The van der Waals surface area contributed by atoms with Crippen molar-refractivity contribution in [1.29, 1.82) is 0 Å². The van der Waals surface area contributed by atoms with E-state index in [9.17, 15) is 22.4 Å². The van der Waals surface area contributed by atoms with E-state index in [4.69, 9.17) is 5.73 Å². The van der Waals surface area contributed by atoms with Crippen molar-refractivity contribution in [2.75, 3.05) is 18.5 Å². The Hall–Kier alpha value is -2.20. The lowest BCUT2D eigenvalue weighted by Gasteiger charge is -2.13. The first kappa shape index (κ1) is 18.1. The summed E-state index contributed by atoms with van der Waals surface area (Å²) in [6.07, 6.45) is -4.08. The molecule has 24 heavy (non-hydrogen) atoms. The molecule has 1 aromatic carbocycles. The van der Waals surface area contributed by atoms with Gasteiger partial charge in [-0.05, 0) is 18.7 Å². The number of anilines is 1. The molecule has 2 rings (SSSR count). The molecule has 0 fully saturated rings. The van der Waals surface area contributed by atoms with Crippen molar-refractivity contribution in [3.05, 3.63) is 40.1 Å². The molecular weight excluding hydrogens is 350 g/mol. The van der Waals surface area contributed by atoms with Gasteiger partial charge >= 0.3 is 6.18 Å². The van der Waals surface area contributed by atoms with Crippen molar-refractivity contribution in [1.82, 2.24) is 4.98 Å². The van der Waals surface area contributed by atoms with Crippen LogP contribution < -0.4 is 15.8 Å². The number of hydrogen-bond acceptors (Lipinski definition) is 5. The second-order valence-electron chi connectivity index (χ2n) is 4.66. The van der Waals surface area contributed by atoms with Crippen molar-refractivity contribution in [3.8, 4) is 5.75 Å². The summed E-state index contributed by atoms with van der Waals surface area (Å²) in [5, 5.41) is 4.52. The Kier molecular flexibility index (Phi) is 5.73. The van der Waals surface area contributed by atoms with Crippen LogP contribution in [-0.4, -0.2) is 30.2 Å². The third-order valence-corrected chi connectivity index (χ3v) is 3.63. The number of carbonyl (C=O) groups is 1. The minimum Gasteiger partial charge on any atom is -0.482 e. The number of nitrogens with zero attached hydrogens (tertiary/aromatic N) is 1. The van der Waals surface area contributed by atoms with E-state index in [0.29, 0.717) is 18.0 Å². The van der Waals surface area contributed by atoms with Gasteiger partial charge in [0.1, 0.15) is 17.3 Å². The Labute approximate surface area is 138 Å². The second-order valence-corrected chi connectivity index (χ2v) is 5.61. The molecule has 0 aliphatic carbocycles. The monoisotopic (exact) mass is 363 g/mol. The molecule has 0 atom stereocenters. The predicted molar refractivity (Wildman–Crippen MR) is 80.8 cm³/mol. The zero-order chi connectivity index (χ0) is 17.7. The van der Waals surface area contributed by atoms with E-state index >= 15 is 0 Å². The molecule has 0 aliphatic rings. The van der Waals surface area contributed by atoms with Crippen molar-refractivity contribution >= 4 is 22.9 Å². The van der Waals surface area contributed by atoms with Crippen molar-refractivity contribution < 1.29 is 27.1 Å². The average Bonchev–Trinajstić information content (AvgIpc) is 2.96. The molecule has 2 aromatic rings. The summed E-state index contributed by atoms with van der Waals surface area (Å²) in [6, 6.07) is 2.88. The molecule has 0 radical (unpaired) electrons. The Balaban J connectivity index is 2.14. The number of amides is 1. The number of halogens is 4. The minimum atomic E-state index is -4.58. The summed E-state index contributed by atoms with van der Waals surface area (Å²) in [6.45, 7) is -1.22. The van der Waals surface area contributed by atoms with Crippen molar-refractivity contribution in [2.45, 2.75) is 12.6 Å². The third-order valence-electron chi connectivity index (χ3n) is 2.73. The fraction of sp³-hybridized carbons (Fsp3) is 0.286. The second kappa shape index (κ2) is 7.58. The largest absolute Gasteiger partial charge is 0.482 e. The summed E-state index contributed by atoms with van der Waals surface area (Å²) < 4.78 is 54.5. The van der Waals surface area contributed by atoms with E-state index in [1.165, 1.54) is 16.7 Å². The maximum absolute atomic E-state index is 13.2. The van der Waals surface area contributed by atoms with Gasteiger partial charge in [0.05, 0.1) is 10.7 Å². The molecule has 1 heterocycles. The van der Waals surface area contributed by atoms with E-state index in [1.807, 2.05) is 0 Å². The lowest BCUT2D eigenvalue weighted by atomic mass is 10.2. The van der Waals surface area contributed by atoms with Gasteiger partial charge in [0.15, 0.2) is 6.61 Å². The first-order chi connectivity index (χ1) is 11.3. The number of nitrogens with two attached hydrogens (primary N) is 1. The summed E-state index contributed by atoms with van der Waals surface area (Å²) in [5.41, 5.74) is 5.40. The summed E-state index contributed by atoms with van der Waals surface area (Å²) in [4.78, 5) is 16.2. The predicted octanol–water partition coefficient (Wildman–Crippen LogP) is 2.98. The number of alkyl halides is 3. The van der Waals surface area contributed by atoms with Gasteiger partial charge in [0.2, 0.25) is 0 Å². The maximum atomic E-state index is 13.2. The zero-order valence-corrected chi connectivity index (χ0v) is 13.0. The third kappa shape index (κ3) is 5.17. The number of thiazole rings is 1. The average molecular weight is 363 g/mol. The normalized spacial score (nSPS) is 11.4. The van der Waals surface area contributed by atoms with Gasteiger partial charge in [-0.15, -0.1) is 11.3 Å². The van der Waals surface area contributed by atoms with E-state index in [1.54, 1.807) is 0 Å². The van der Waals surface area contributed by atoms with Gasteiger partial charge in [0.25, 0.3) is 5.91 Å². The molecule has 0 aliphatic heterocycles. The van der Waals surface area contributed by atoms with E-state index in [2.05, 4.69) is 15.0 Å². The highest BCUT2D eigenvalue weighted by Crippen LogP contribution is 2.28. The Morgan fingerprint density at radius 3 is 2.79 bits per heavy atom. The molecule has 5 nitrogen and oxygen atoms in total. The van der Waals surface area contributed by atoms with Gasteiger partial charge < -0.3 is 15.8 Å². The zero-order valence-electron chi connectivity index (χ0n) is 12.2. The van der Waals surface area contributed by atoms with Gasteiger partial charge in [-0.25, -0.2) is 9.37 Å². The fourth-order valence-electron chi connectivity index (χ4n) is 1.72. The van der Waals surface area contributed by atoms with Gasteiger partial charge in [-0.1, -0.05) is 0 Å². The molecule has 1 aromatic heterocycles. The van der Waals surface area contributed by atoms with Crippen LogP contribution in [0.2, 0.25) is 0 Å². The number of carbonyl (C=O) groups excluding carboxylic acids is 1. The topological polar surface area (TPSA) is 77.2 Å². The molecule has 0 spiro atoms. The first-order valence-corrected chi connectivity index (χ1v) is 7.61. The Morgan fingerprint density at radius 2 is 2.12 bits per heavy atom. The molecular formula is C14H13F4N3O2S. The molecule has 130 valence electrons. The molecule has 0 unspecified atom stereocenters. The Morgan fingerprint density at radius 1 is 1.38 bits per heavy atom. The summed E-state index contributed by atoms with van der Waals surface area (Å²) >= 11 is 1.24. The number of nitrogens with one attached hydrogen (secondary N) is 1. The standard InChI is InChI=1S/C14H13F4N3O2S/c15-8-1-2-9(11(5-8)23-7-14(16,17)18)21-13(22)10-6-24-12(20-10)3-4-19/h1-2,5-6H,3-4,7,19H2,(H,21,22). The van der Waals surface area contributed by atoms with Crippen LogP contribution in [0.3, 0.4) is 0 Å². The minimum absolute atomic E-state index is 0.0842. The van der Waals surface area contributed by atoms with Crippen LogP contribution in [0.25, 0.3) is 0 Å².